The summed E-state index contributed by atoms with van der Waals surface area (Å²) in [4.78, 5) is 11.1. The Morgan fingerprint density at radius 2 is 1.93 bits per heavy atom. The first kappa shape index (κ1) is 10.8. The number of aliphatic carboxylic acids is 1. The number of carboxylic acids is 1. The van der Waals surface area contributed by atoms with Gasteiger partial charge in [-0.2, -0.15) is 5.10 Å². The normalized spacial score (nSPS) is 11.8. The number of hydrogen-bond donors (Lipinski definition) is 1. The lowest BCUT2D eigenvalue weighted by Gasteiger charge is -2.19. The summed E-state index contributed by atoms with van der Waals surface area (Å²) in [6.45, 7) is 7.13. The summed E-state index contributed by atoms with van der Waals surface area (Å²) >= 11 is 0. The largest absolute Gasteiger partial charge is 0.481 e. The molecule has 0 radical (unpaired) electrons. The van der Waals surface area contributed by atoms with Gasteiger partial charge in [-0.3, -0.25) is 9.48 Å². The monoisotopic (exact) mass is 196 g/mol. The standard InChI is InChI=1S/C10H16N2O2/c1-6-8(7(2)12(5)11-6)10(3,4)9(13)14/h1-5H3,(H,13,14). The number of nitrogens with zero attached hydrogens (tertiary/aromatic N) is 2. The fourth-order valence-corrected chi connectivity index (χ4v) is 1.79. The topological polar surface area (TPSA) is 55.1 Å². The zero-order valence-corrected chi connectivity index (χ0v) is 9.25. The number of carboxylic acid groups (broad SMARTS) is 1. The van der Waals surface area contributed by atoms with Crippen LogP contribution in [0.25, 0.3) is 0 Å². The molecule has 0 atom stereocenters. The maximum atomic E-state index is 11.1. The lowest BCUT2D eigenvalue weighted by Crippen LogP contribution is -2.29. The van der Waals surface area contributed by atoms with Gasteiger partial charge in [0.25, 0.3) is 0 Å². The first-order valence-electron chi connectivity index (χ1n) is 4.52. The van der Waals surface area contributed by atoms with Gasteiger partial charge < -0.3 is 5.11 Å². The molecule has 4 nitrogen and oxygen atoms in total. The molecular formula is C10H16N2O2. The van der Waals surface area contributed by atoms with E-state index in [1.165, 1.54) is 0 Å². The van der Waals surface area contributed by atoms with E-state index in [9.17, 15) is 4.79 Å². The molecule has 1 N–H and O–H groups in total. The summed E-state index contributed by atoms with van der Waals surface area (Å²) in [6, 6.07) is 0. The van der Waals surface area contributed by atoms with E-state index in [0.29, 0.717) is 0 Å². The number of hydrogen-bond acceptors (Lipinski definition) is 2. The van der Waals surface area contributed by atoms with Crippen molar-refractivity contribution >= 4 is 5.97 Å². The Labute approximate surface area is 83.5 Å². The highest BCUT2D eigenvalue weighted by Crippen LogP contribution is 2.28. The van der Waals surface area contributed by atoms with Gasteiger partial charge in [0, 0.05) is 18.3 Å². The zero-order chi connectivity index (χ0) is 11.1. The van der Waals surface area contributed by atoms with Crippen LogP contribution in [-0.4, -0.2) is 20.9 Å². The number of aryl methyl sites for hydroxylation is 2. The molecule has 1 aromatic rings. The van der Waals surface area contributed by atoms with E-state index in [1.54, 1.807) is 18.5 Å². The molecule has 4 heteroatoms. The van der Waals surface area contributed by atoms with Gasteiger partial charge in [-0.25, -0.2) is 0 Å². The molecule has 0 spiro atoms. The van der Waals surface area contributed by atoms with Crippen molar-refractivity contribution in [1.82, 2.24) is 9.78 Å². The molecule has 0 fully saturated rings. The molecule has 0 aliphatic heterocycles. The Morgan fingerprint density at radius 3 is 2.21 bits per heavy atom. The van der Waals surface area contributed by atoms with Gasteiger partial charge in [-0.05, 0) is 27.7 Å². The van der Waals surface area contributed by atoms with Crippen LogP contribution in [0.4, 0.5) is 0 Å². The number of rotatable bonds is 2. The van der Waals surface area contributed by atoms with Gasteiger partial charge in [0.15, 0.2) is 0 Å². The third-order valence-corrected chi connectivity index (χ3v) is 2.67. The summed E-state index contributed by atoms with van der Waals surface area (Å²) in [7, 11) is 1.82. The molecular weight excluding hydrogens is 180 g/mol. The molecule has 1 heterocycles. The van der Waals surface area contributed by atoms with Crippen molar-refractivity contribution in [2.24, 2.45) is 7.05 Å². The van der Waals surface area contributed by atoms with Crippen LogP contribution in [0.3, 0.4) is 0 Å². The van der Waals surface area contributed by atoms with Gasteiger partial charge in [0.05, 0.1) is 11.1 Å². The van der Waals surface area contributed by atoms with E-state index < -0.39 is 11.4 Å². The molecule has 0 saturated heterocycles. The van der Waals surface area contributed by atoms with Crippen LogP contribution in [0.1, 0.15) is 30.8 Å². The SMILES string of the molecule is Cc1nn(C)c(C)c1C(C)(C)C(=O)O. The van der Waals surface area contributed by atoms with Crippen LogP contribution in [0.15, 0.2) is 0 Å². The van der Waals surface area contributed by atoms with Crippen molar-refractivity contribution in [3.63, 3.8) is 0 Å². The summed E-state index contributed by atoms with van der Waals surface area (Å²) < 4.78 is 1.72. The fraction of sp³-hybridized carbons (Fsp3) is 0.600. The van der Waals surface area contributed by atoms with Crippen LogP contribution in [0, 0.1) is 13.8 Å². The molecule has 0 aromatic carbocycles. The summed E-state index contributed by atoms with van der Waals surface area (Å²) in [5.41, 5.74) is 1.64. The Hall–Kier alpha value is -1.32. The van der Waals surface area contributed by atoms with Gasteiger partial charge in [-0.15, -0.1) is 0 Å². The summed E-state index contributed by atoms with van der Waals surface area (Å²) in [5, 5.41) is 13.3. The van der Waals surface area contributed by atoms with Crippen molar-refractivity contribution in [3.8, 4) is 0 Å². The summed E-state index contributed by atoms with van der Waals surface area (Å²) in [6.07, 6.45) is 0. The second kappa shape index (κ2) is 3.12. The molecule has 14 heavy (non-hydrogen) atoms. The first-order valence-corrected chi connectivity index (χ1v) is 4.52. The molecule has 1 aromatic heterocycles. The van der Waals surface area contributed by atoms with Gasteiger partial charge in [-0.1, -0.05) is 0 Å². The third-order valence-electron chi connectivity index (χ3n) is 2.67. The Bertz CT molecular complexity index is 378. The van der Waals surface area contributed by atoms with E-state index in [2.05, 4.69) is 5.10 Å². The van der Waals surface area contributed by atoms with Crippen molar-refractivity contribution in [2.75, 3.05) is 0 Å². The van der Waals surface area contributed by atoms with E-state index >= 15 is 0 Å². The van der Waals surface area contributed by atoms with E-state index in [1.807, 2.05) is 20.9 Å². The van der Waals surface area contributed by atoms with Crippen LogP contribution in [0.5, 0.6) is 0 Å². The van der Waals surface area contributed by atoms with E-state index in [4.69, 9.17) is 5.11 Å². The Morgan fingerprint density at radius 1 is 1.43 bits per heavy atom. The second-order valence-corrected chi connectivity index (χ2v) is 4.10. The average molecular weight is 196 g/mol. The Kier molecular flexibility index (Phi) is 2.39. The van der Waals surface area contributed by atoms with Crippen LogP contribution < -0.4 is 0 Å². The highest BCUT2D eigenvalue weighted by Gasteiger charge is 2.34. The second-order valence-electron chi connectivity index (χ2n) is 4.10. The lowest BCUT2D eigenvalue weighted by atomic mass is 9.83. The quantitative estimate of drug-likeness (QED) is 0.777. The molecule has 1 rings (SSSR count). The highest BCUT2D eigenvalue weighted by molar-refractivity contribution is 5.81. The van der Waals surface area contributed by atoms with Crippen LogP contribution in [-0.2, 0) is 17.3 Å². The van der Waals surface area contributed by atoms with Crippen LogP contribution >= 0.6 is 0 Å². The highest BCUT2D eigenvalue weighted by atomic mass is 16.4. The smallest absolute Gasteiger partial charge is 0.313 e. The summed E-state index contributed by atoms with van der Waals surface area (Å²) in [5.74, 6) is -0.822. The van der Waals surface area contributed by atoms with Crippen molar-refractivity contribution in [1.29, 1.82) is 0 Å². The molecule has 0 saturated carbocycles. The molecule has 0 aliphatic rings. The van der Waals surface area contributed by atoms with E-state index in [0.717, 1.165) is 17.0 Å². The first-order chi connectivity index (χ1) is 6.28. The van der Waals surface area contributed by atoms with Crippen LogP contribution in [0.2, 0.25) is 0 Å². The maximum absolute atomic E-state index is 11.1. The molecule has 0 amide bonds. The average Bonchev–Trinajstić information content (AvgIpc) is 2.26. The van der Waals surface area contributed by atoms with E-state index in [-0.39, 0.29) is 0 Å². The minimum absolute atomic E-state index is 0.789. The van der Waals surface area contributed by atoms with Gasteiger partial charge >= 0.3 is 5.97 Å². The minimum atomic E-state index is -0.873. The van der Waals surface area contributed by atoms with Gasteiger partial charge in [0.2, 0.25) is 0 Å². The number of carbonyl (C=O) groups is 1. The maximum Gasteiger partial charge on any atom is 0.313 e. The molecule has 0 unspecified atom stereocenters. The van der Waals surface area contributed by atoms with Crippen molar-refractivity contribution < 1.29 is 9.90 Å². The third kappa shape index (κ3) is 1.41. The predicted molar refractivity (Wildman–Crippen MR) is 53.3 cm³/mol. The van der Waals surface area contributed by atoms with Gasteiger partial charge in [0.1, 0.15) is 0 Å². The Balaban J connectivity index is 3.38. The molecule has 0 bridgehead atoms. The minimum Gasteiger partial charge on any atom is -0.481 e. The number of aromatic nitrogens is 2. The lowest BCUT2D eigenvalue weighted by molar-refractivity contribution is -0.142. The zero-order valence-electron chi connectivity index (χ0n) is 9.25. The molecule has 0 aliphatic carbocycles. The molecule has 78 valence electrons. The predicted octanol–water partition coefficient (Wildman–Crippen LogP) is 1.40. The van der Waals surface area contributed by atoms with Crippen molar-refractivity contribution in [3.05, 3.63) is 17.0 Å². The fourth-order valence-electron chi connectivity index (χ4n) is 1.79. The van der Waals surface area contributed by atoms with Crippen molar-refractivity contribution in [2.45, 2.75) is 33.1 Å².